The Morgan fingerprint density at radius 3 is 2.71 bits per heavy atom. The average molecular weight is 300 g/mol. The number of nitrogens with one attached hydrogen (secondary N) is 2. The van der Waals surface area contributed by atoms with Gasteiger partial charge >= 0.3 is 6.18 Å². The summed E-state index contributed by atoms with van der Waals surface area (Å²) in [7, 11) is 0. The molecular formula is C15H19F3N2O. The molecule has 0 radical (unpaired) electrons. The highest BCUT2D eigenvalue weighted by Crippen LogP contribution is 2.30. The number of hydrogen-bond donors (Lipinski definition) is 2. The molecule has 1 fully saturated rings. The van der Waals surface area contributed by atoms with Gasteiger partial charge in [0.2, 0.25) is 5.91 Å². The number of benzene rings is 1. The molecule has 1 heterocycles. The van der Waals surface area contributed by atoms with E-state index in [0.29, 0.717) is 5.56 Å². The predicted octanol–water partition coefficient (Wildman–Crippen LogP) is 2.88. The number of rotatable bonds is 3. The highest BCUT2D eigenvalue weighted by Gasteiger charge is 2.32. The van der Waals surface area contributed by atoms with Gasteiger partial charge in [0.25, 0.3) is 0 Å². The predicted molar refractivity (Wildman–Crippen MR) is 73.6 cm³/mol. The number of halogens is 3. The second-order valence-electron chi connectivity index (χ2n) is 5.55. The van der Waals surface area contributed by atoms with Crippen LogP contribution in [-0.2, 0) is 11.0 Å². The molecule has 0 aromatic heterocycles. The van der Waals surface area contributed by atoms with E-state index in [1.54, 1.807) is 13.0 Å². The Hall–Kier alpha value is -1.56. The molecule has 3 atom stereocenters. The van der Waals surface area contributed by atoms with Crippen molar-refractivity contribution in [1.82, 2.24) is 10.6 Å². The van der Waals surface area contributed by atoms with Crippen LogP contribution in [0.1, 0.15) is 37.4 Å². The largest absolute Gasteiger partial charge is 0.416 e. The van der Waals surface area contributed by atoms with Gasteiger partial charge in [-0.15, -0.1) is 0 Å². The topological polar surface area (TPSA) is 41.1 Å². The molecule has 0 spiro atoms. The van der Waals surface area contributed by atoms with Crippen LogP contribution < -0.4 is 10.6 Å². The zero-order valence-electron chi connectivity index (χ0n) is 12.0. The summed E-state index contributed by atoms with van der Waals surface area (Å²) in [5.41, 5.74) is -0.253. The standard InChI is InChI=1S/C15H19F3N2O/c1-9-6-7-19-13(9)14(21)20-10(2)11-4-3-5-12(8-11)15(16,17)18/h3-5,8-10,13,19H,6-7H2,1-2H3,(H,20,21). The van der Waals surface area contributed by atoms with Crippen LogP contribution in [0.2, 0.25) is 0 Å². The van der Waals surface area contributed by atoms with Crippen molar-refractivity contribution in [2.75, 3.05) is 6.54 Å². The lowest BCUT2D eigenvalue weighted by Gasteiger charge is -2.20. The van der Waals surface area contributed by atoms with Crippen LogP contribution in [0.25, 0.3) is 0 Å². The summed E-state index contributed by atoms with van der Waals surface area (Å²) in [6, 6.07) is 4.32. The lowest BCUT2D eigenvalue weighted by atomic mass is 10.0. The van der Waals surface area contributed by atoms with Crippen molar-refractivity contribution in [3.05, 3.63) is 35.4 Å². The molecule has 21 heavy (non-hydrogen) atoms. The Balaban J connectivity index is 2.06. The lowest BCUT2D eigenvalue weighted by Crippen LogP contribution is -2.44. The monoisotopic (exact) mass is 300 g/mol. The third-order valence-corrected chi connectivity index (χ3v) is 3.89. The number of alkyl halides is 3. The van der Waals surface area contributed by atoms with Crippen molar-refractivity contribution >= 4 is 5.91 Å². The third-order valence-electron chi connectivity index (χ3n) is 3.89. The zero-order valence-corrected chi connectivity index (χ0v) is 12.0. The Kier molecular flexibility index (Phi) is 4.56. The summed E-state index contributed by atoms with van der Waals surface area (Å²) >= 11 is 0. The fourth-order valence-electron chi connectivity index (χ4n) is 2.56. The molecule has 3 unspecified atom stereocenters. The van der Waals surface area contributed by atoms with Gasteiger partial charge in [-0.25, -0.2) is 0 Å². The van der Waals surface area contributed by atoms with Gasteiger partial charge in [0, 0.05) is 0 Å². The smallest absolute Gasteiger partial charge is 0.348 e. The first-order chi connectivity index (χ1) is 9.79. The Labute approximate surface area is 121 Å². The van der Waals surface area contributed by atoms with Gasteiger partial charge in [0.15, 0.2) is 0 Å². The summed E-state index contributed by atoms with van der Waals surface area (Å²) in [6.45, 7) is 4.46. The Bertz CT molecular complexity index is 516. The number of hydrogen-bond acceptors (Lipinski definition) is 2. The number of amides is 1. The summed E-state index contributed by atoms with van der Waals surface area (Å²) in [5.74, 6) is 0.0728. The van der Waals surface area contributed by atoms with E-state index in [1.807, 2.05) is 6.92 Å². The van der Waals surface area contributed by atoms with E-state index in [4.69, 9.17) is 0 Å². The van der Waals surface area contributed by atoms with Crippen LogP contribution in [0.4, 0.5) is 13.2 Å². The molecular weight excluding hydrogens is 281 g/mol. The molecule has 1 aromatic carbocycles. The summed E-state index contributed by atoms with van der Waals surface area (Å²) < 4.78 is 38.1. The second-order valence-corrected chi connectivity index (χ2v) is 5.55. The molecule has 2 rings (SSSR count). The zero-order chi connectivity index (χ0) is 15.6. The maximum atomic E-state index is 12.7. The van der Waals surface area contributed by atoms with Crippen LogP contribution in [0, 0.1) is 5.92 Å². The van der Waals surface area contributed by atoms with Gasteiger partial charge in [-0.3, -0.25) is 4.79 Å². The molecule has 1 amide bonds. The summed E-state index contributed by atoms with van der Waals surface area (Å²) in [5, 5.41) is 5.88. The van der Waals surface area contributed by atoms with Crippen LogP contribution in [0.3, 0.4) is 0 Å². The van der Waals surface area contributed by atoms with Gasteiger partial charge in [-0.2, -0.15) is 13.2 Å². The van der Waals surface area contributed by atoms with E-state index in [0.717, 1.165) is 25.1 Å². The molecule has 1 saturated heterocycles. The molecule has 2 N–H and O–H groups in total. The fraction of sp³-hybridized carbons (Fsp3) is 0.533. The van der Waals surface area contributed by atoms with E-state index in [-0.39, 0.29) is 17.9 Å². The van der Waals surface area contributed by atoms with E-state index >= 15 is 0 Å². The van der Waals surface area contributed by atoms with Gasteiger partial charge in [0.05, 0.1) is 17.6 Å². The van der Waals surface area contributed by atoms with Crippen molar-refractivity contribution in [3.63, 3.8) is 0 Å². The molecule has 0 bridgehead atoms. The quantitative estimate of drug-likeness (QED) is 0.901. The van der Waals surface area contributed by atoms with Crippen molar-refractivity contribution in [3.8, 4) is 0 Å². The van der Waals surface area contributed by atoms with E-state index in [9.17, 15) is 18.0 Å². The molecule has 6 heteroatoms. The summed E-state index contributed by atoms with van der Waals surface area (Å²) in [6.07, 6.45) is -3.45. The van der Waals surface area contributed by atoms with Crippen molar-refractivity contribution in [1.29, 1.82) is 0 Å². The van der Waals surface area contributed by atoms with Crippen LogP contribution in [0.15, 0.2) is 24.3 Å². The first kappa shape index (κ1) is 15.8. The number of carbonyl (C=O) groups is 1. The van der Waals surface area contributed by atoms with E-state index in [2.05, 4.69) is 10.6 Å². The minimum Gasteiger partial charge on any atom is -0.348 e. The average Bonchev–Trinajstić information content (AvgIpc) is 2.84. The maximum Gasteiger partial charge on any atom is 0.416 e. The fourth-order valence-corrected chi connectivity index (χ4v) is 2.56. The minimum atomic E-state index is -4.37. The Morgan fingerprint density at radius 1 is 1.43 bits per heavy atom. The first-order valence-electron chi connectivity index (χ1n) is 7.00. The maximum absolute atomic E-state index is 12.7. The van der Waals surface area contributed by atoms with Crippen molar-refractivity contribution in [2.24, 2.45) is 5.92 Å². The molecule has 0 saturated carbocycles. The third kappa shape index (κ3) is 3.75. The van der Waals surface area contributed by atoms with E-state index < -0.39 is 17.8 Å². The minimum absolute atomic E-state index is 0.162. The van der Waals surface area contributed by atoms with Crippen molar-refractivity contribution < 1.29 is 18.0 Å². The highest BCUT2D eigenvalue weighted by atomic mass is 19.4. The van der Waals surface area contributed by atoms with Crippen molar-refractivity contribution in [2.45, 2.75) is 38.5 Å². The SMILES string of the molecule is CC(NC(=O)C1NCCC1C)c1cccc(C(F)(F)F)c1. The molecule has 1 aromatic rings. The first-order valence-corrected chi connectivity index (χ1v) is 7.00. The molecule has 1 aliphatic heterocycles. The van der Waals surface area contributed by atoms with Crippen LogP contribution in [0.5, 0.6) is 0 Å². The lowest BCUT2D eigenvalue weighted by molar-refractivity contribution is -0.137. The van der Waals surface area contributed by atoms with Gasteiger partial charge in [-0.1, -0.05) is 19.1 Å². The molecule has 1 aliphatic rings. The van der Waals surface area contributed by atoms with Gasteiger partial charge in [-0.05, 0) is 43.5 Å². The van der Waals surface area contributed by atoms with Gasteiger partial charge < -0.3 is 10.6 Å². The molecule has 116 valence electrons. The van der Waals surface area contributed by atoms with Gasteiger partial charge in [0.1, 0.15) is 0 Å². The van der Waals surface area contributed by atoms with E-state index in [1.165, 1.54) is 6.07 Å². The van der Waals surface area contributed by atoms with Crippen LogP contribution in [-0.4, -0.2) is 18.5 Å². The number of carbonyl (C=O) groups excluding carboxylic acids is 1. The summed E-state index contributed by atoms with van der Waals surface area (Å²) in [4.78, 5) is 12.1. The molecule has 0 aliphatic carbocycles. The highest BCUT2D eigenvalue weighted by molar-refractivity contribution is 5.82. The second kappa shape index (κ2) is 6.05. The normalized spacial score (nSPS) is 23.9. The molecule has 3 nitrogen and oxygen atoms in total. The van der Waals surface area contributed by atoms with Crippen LogP contribution >= 0.6 is 0 Å². The Morgan fingerprint density at radius 2 is 2.14 bits per heavy atom.